The van der Waals surface area contributed by atoms with Gasteiger partial charge >= 0.3 is 5.97 Å². The van der Waals surface area contributed by atoms with Crippen molar-refractivity contribution >= 4 is 11.8 Å². The SMILES string of the molecule is Nc1n[nH]c(OCCO)c1C(=O)O. The van der Waals surface area contributed by atoms with Gasteiger partial charge in [-0.05, 0) is 0 Å². The average molecular weight is 187 g/mol. The molecule has 72 valence electrons. The van der Waals surface area contributed by atoms with Gasteiger partial charge in [0.05, 0.1) is 6.61 Å². The van der Waals surface area contributed by atoms with Gasteiger partial charge in [0.1, 0.15) is 6.61 Å². The van der Waals surface area contributed by atoms with E-state index in [0.717, 1.165) is 0 Å². The van der Waals surface area contributed by atoms with Gasteiger partial charge in [-0.15, -0.1) is 0 Å². The molecule has 0 saturated carbocycles. The monoisotopic (exact) mass is 187 g/mol. The zero-order valence-corrected chi connectivity index (χ0v) is 6.65. The Morgan fingerprint density at radius 3 is 2.92 bits per heavy atom. The van der Waals surface area contributed by atoms with Crippen molar-refractivity contribution in [3.05, 3.63) is 5.56 Å². The summed E-state index contributed by atoms with van der Waals surface area (Å²) in [6.45, 7) is -0.222. The maximum atomic E-state index is 10.6. The Morgan fingerprint density at radius 2 is 2.38 bits per heavy atom. The molecule has 0 spiro atoms. The second-order valence-electron chi connectivity index (χ2n) is 2.19. The molecule has 0 bridgehead atoms. The second kappa shape index (κ2) is 3.76. The summed E-state index contributed by atoms with van der Waals surface area (Å²) in [6.07, 6.45) is 0. The van der Waals surface area contributed by atoms with Gasteiger partial charge < -0.3 is 20.7 Å². The van der Waals surface area contributed by atoms with Crippen LogP contribution in [0.1, 0.15) is 10.4 Å². The molecule has 0 fully saturated rings. The van der Waals surface area contributed by atoms with Gasteiger partial charge in [-0.3, -0.25) is 0 Å². The average Bonchev–Trinajstić information content (AvgIpc) is 2.43. The number of aromatic amines is 1. The molecule has 0 unspecified atom stereocenters. The summed E-state index contributed by atoms with van der Waals surface area (Å²) < 4.78 is 4.84. The Bertz CT molecular complexity index is 309. The molecule has 0 amide bonds. The van der Waals surface area contributed by atoms with E-state index in [-0.39, 0.29) is 30.5 Å². The summed E-state index contributed by atoms with van der Waals surface area (Å²) in [5, 5.41) is 22.8. The van der Waals surface area contributed by atoms with Crippen LogP contribution in [-0.4, -0.2) is 39.6 Å². The lowest BCUT2D eigenvalue weighted by molar-refractivity contribution is 0.0692. The van der Waals surface area contributed by atoms with Crippen LogP contribution in [0.2, 0.25) is 0 Å². The van der Waals surface area contributed by atoms with Crippen molar-refractivity contribution in [3.8, 4) is 5.88 Å². The van der Waals surface area contributed by atoms with E-state index in [4.69, 9.17) is 20.7 Å². The molecule has 0 atom stereocenters. The number of nitrogens with two attached hydrogens (primary N) is 1. The van der Waals surface area contributed by atoms with Crippen molar-refractivity contribution in [2.75, 3.05) is 18.9 Å². The van der Waals surface area contributed by atoms with Gasteiger partial charge in [0.15, 0.2) is 11.4 Å². The summed E-state index contributed by atoms with van der Waals surface area (Å²) in [5.41, 5.74) is 5.03. The number of carbonyl (C=O) groups is 1. The molecular weight excluding hydrogens is 178 g/mol. The first-order valence-corrected chi connectivity index (χ1v) is 3.47. The third kappa shape index (κ3) is 1.88. The van der Waals surface area contributed by atoms with Crippen LogP contribution in [0.4, 0.5) is 5.82 Å². The maximum Gasteiger partial charge on any atom is 0.345 e. The van der Waals surface area contributed by atoms with Gasteiger partial charge in [0, 0.05) is 0 Å². The first-order valence-electron chi connectivity index (χ1n) is 3.47. The molecule has 0 aliphatic rings. The molecule has 1 heterocycles. The Balaban J connectivity index is 2.87. The van der Waals surface area contributed by atoms with Gasteiger partial charge in [-0.25, -0.2) is 9.89 Å². The largest absolute Gasteiger partial charge is 0.477 e. The molecule has 7 nitrogen and oxygen atoms in total. The van der Waals surface area contributed by atoms with Crippen molar-refractivity contribution in [1.29, 1.82) is 0 Å². The highest BCUT2D eigenvalue weighted by Crippen LogP contribution is 2.20. The van der Waals surface area contributed by atoms with Crippen molar-refractivity contribution < 1.29 is 19.7 Å². The third-order valence-corrected chi connectivity index (χ3v) is 1.31. The van der Waals surface area contributed by atoms with Crippen molar-refractivity contribution in [2.24, 2.45) is 0 Å². The van der Waals surface area contributed by atoms with Crippen LogP contribution in [-0.2, 0) is 0 Å². The lowest BCUT2D eigenvalue weighted by Gasteiger charge is -2.00. The number of anilines is 1. The number of ether oxygens (including phenoxy) is 1. The molecule has 0 aliphatic carbocycles. The number of carboxylic acids is 1. The lowest BCUT2D eigenvalue weighted by atomic mass is 10.3. The number of aliphatic hydroxyl groups excluding tert-OH is 1. The molecule has 0 radical (unpaired) electrons. The Hall–Kier alpha value is -1.76. The van der Waals surface area contributed by atoms with E-state index in [9.17, 15) is 4.79 Å². The van der Waals surface area contributed by atoms with E-state index in [2.05, 4.69) is 10.2 Å². The Labute approximate surface area is 73.1 Å². The fourth-order valence-corrected chi connectivity index (χ4v) is 0.798. The molecule has 0 saturated heterocycles. The predicted octanol–water partition coefficient (Wildman–Crippen LogP) is -0.939. The van der Waals surface area contributed by atoms with Crippen molar-refractivity contribution in [1.82, 2.24) is 10.2 Å². The molecule has 13 heavy (non-hydrogen) atoms. The third-order valence-electron chi connectivity index (χ3n) is 1.31. The van der Waals surface area contributed by atoms with Gasteiger partial charge in [0.25, 0.3) is 0 Å². The van der Waals surface area contributed by atoms with E-state index in [0.29, 0.717) is 0 Å². The highest BCUT2D eigenvalue weighted by molar-refractivity contribution is 5.95. The van der Waals surface area contributed by atoms with Crippen LogP contribution in [0, 0.1) is 0 Å². The highest BCUT2D eigenvalue weighted by Gasteiger charge is 2.18. The standard InChI is InChI=1S/C6H9N3O4/c7-4-3(6(11)12)5(9-8-4)13-2-1-10/h10H,1-2H2,(H,11,12)(H3,7,8,9). The molecular formula is C6H9N3O4. The quantitative estimate of drug-likeness (QED) is 0.482. The zero-order chi connectivity index (χ0) is 9.84. The van der Waals surface area contributed by atoms with E-state index in [1.165, 1.54) is 0 Å². The second-order valence-corrected chi connectivity index (χ2v) is 2.19. The van der Waals surface area contributed by atoms with Crippen LogP contribution >= 0.6 is 0 Å². The van der Waals surface area contributed by atoms with Gasteiger partial charge in [-0.2, -0.15) is 5.10 Å². The lowest BCUT2D eigenvalue weighted by Crippen LogP contribution is -2.07. The number of aromatic nitrogens is 2. The number of rotatable bonds is 4. The zero-order valence-electron chi connectivity index (χ0n) is 6.65. The predicted molar refractivity (Wildman–Crippen MR) is 42.5 cm³/mol. The summed E-state index contributed by atoms with van der Waals surface area (Å²) in [5.74, 6) is -1.40. The van der Waals surface area contributed by atoms with Crippen LogP contribution in [0.3, 0.4) is 0 Å². The number of nitrogens with one attached hydrogen (secondary N) is 1. The van der Waals surface area contributed by atoms with Crippen molar-refractivity contribution in [2.45, 2.75) is 0 Å². The molecule has 5 N–H and O–H groups in total. The summed E-state index contributed by atoms with van der Waals surface area (Å²) in [7, 11) is 0. The highest BCUT2D eigenvalue weighted by atomic mass is 16.5. The van der Waals surface area contributed by atoms with E-state index < -0.39 is 5.97 Å². The molecule has 7 heteroatoms. The van der Waals surface area contributed by atoms with E-state index in [1.54, 1.807) is 0 Å². The molecule has 1 rings (SSSR count). The van der Waals surface area contributed by atoms with Crippen LogP contribution in [0.5, 0.6) is 5.88 Å². The summed E-state index contributed by atoms with van der Waals surface area (Å²) >= 11 is 0. The van der Waals surface area contributed by atoms with Gasteiger partial charge in [0.2, 0.25) is 5.88 Å². The van der Waals surface area contributed by atoms with Crippen LogP contribution < -0.4 is 10.5 Å². The normalized spacial score (nSPS) is 9.92. The number of nitrogen functional groups attached to an aromatic ring is 1. The first-order chi connectivity index (χ1) is 6.16. The van der Waals surface area contributed by atoms with E-state index in [1.807, 2.05) is 0 Å². The van der Waals surface area contributed by atoms with E-state index >= 15 is 0 Å². The minimum absolute atomic E-state index is 0.0120. The minimum atomic E-state index is -1.22. The minimum Gasteiger partial charge on any atom is -0.477 e. The summed E-state index contributed by atoms with van der Waals surface area (Å²) in [6, 6.07) is 0. The molecule has 0 aliphatic heterocycles. The first kappa shape index (κ1) is 9.33. The fraction of sp³-hybridized carbons (Fsp3) is 0.333. The number of nitrogens with zero attached hydrogens (tertiary/aromatic N) is 1. The summed E-state index contributed by atoms with van der Waals surface area (Å²) in [4.78, 5) is 10.6. The number of aliphatic hydroxyl groups is 1. The van der Waals surface area contributed by atoms with Gasteiger partial charge in [-0.1, -0.05) is 0 Å². The maximum absolute atomic E-state index is 10.6. The molecule has 0 aromatic carbocycles. The van der Waals surface area contributed by atoms with Crippen LogP contribution in [0.25, 0.3) is 0 Å². The van der Waals surface area contributed by atoms with Crippen LogP contribution in [0.15, 0.2) is 0 Å². The Kier molecular flexibility index (Phi) is 2.70. The molecule has 1 aromatic rings. The molecule has 1 aromatic heterocycles. The topological polar surface area (TPSA) is 121 Å². The number of hydrogen-bond donors (Lipinski definition) is 4. The smallest absolute Gasteiger partial charge is 0.345 e. The fourth-order valence-electron chi connectivity index (χ4n) is 0.798. The Morgan fingerprint density at radius 1 is 1.69 bits per heavy atom. The number of aromatic carboxylic acids is 1. The number of hydrogen-bond acceptors (Lipinski definition) is 5. The number of H-pyrrole nitrogens is 1. The van der Waals surface area contributed by atoms with Crippen molar-refractivity contribution in [3.63, 3.8) is 0 Å². The number of carboxylic acid groups (broad SMARTS) is 1.